The number of carbonyl (C=O) groups is 2. The first-order valence-corrected chi connectivity index (χ1v) is 19.9. The van der Waals surface area contributed by atoms with Crippen LogP contribution in [0.4, 0.5) is 0 Å². The molecule has 0 bridgehead atoms. The van der Waals surface area contributed by atoms with Gasteiger partial charge in [0.1, 0.15) is 0 Å². The Bertz CT molecular complexity index is 1370. The van der Waals surface area contributed by atoms with Gasteiger partial charge in [-0.2, -0.15) is 0 Å². The van der Waals surface area contributed by atoms with E-state index in [1.807, 2.05) is 34.6 Å². The highest BCUT2D eigenvalue weighted by molar-refractivity contribution is 5.88. The van der Waals surface area contributed by atoms with E-state index in [1.165, 1.54) is 70.4 Å². The van der Waals surface area contributed by atoms with Gasteiger partial charge in [-0.3, -0.25) is 4.79 Å². The molecule has 0 aliphatic heterocycles. The minimum atomic E-state index is -0.331. The highest BCUT2D eigenvalue weighted by Gasteiger charge is 2.32. The quantitative estimate of drug-likeness (QED) is 0.112. The third-order valence-electron chi connectivity index (χ3n) is 8.45. The molecule has 0 amide bonds. The number of hydrogen-bond donors (Lipinski definition) is 0. The molecular weight excluding hydrogens is 649 g/mol. The van der Waals surface area contributed by atoms with Crippen LogP contribution in [-0.4, -0.2) is 18.4 Å². The van der Waals surface area contributed by atoms with Crippen molar-refractivity contribution in [3.63, 3.8) is 0 Å². The van der Waals surface area contributed by atoms with Crippen LogP contribution in [0.25, 0.3) is 0 Å². The summed E-state index contributed by atoms with van der Waals surface area (Å²) >= 11 is 0. The van der Waals surface area contributed by atoms with E-state index in [0.29, 0.717) is 13.0 Å². The van der Waals surface area contributed by atoms with Crippen LogP contribution >= 0.6 is 0 Å². The molecule has 1 aliphatic rings. The monoisotopic (exact) mass is 723 g/mol. The zero-order chi connectivity index (χ0) is 40.5. The lowest BCUT2D eigenvalue weighted by molar-refractivity contribution is -0.137. The molecule has 0 spiro atoms. The summed E-state index contributed by atoms with van der Waals surface area (Å²) in [5, 5.41) is 0. The first-order chi connectivity index (χ1) is 25.5. The Hall–Kier alpha value is -4.24. The fraction of sp³-hybridized carbons (Fsp3) is 0.440. The van der Waals surface area contributed by atoms with Crippen LogP contribution in [0.1, 0.15) is 132 Å². The average molecular weight is 723 g/mol. The van der Waals surface area contributed by atoms with Crippen LogP contribution in [0.5, 0.6) is 0 Å². The summed E-state index contributed by atoms with van der Waals surface area (Å²) in [6, 6.07) is 23.9. The summed E-state index contributed by atoms with van der Waals surface area (Å²) in [6.07, 6.45) is 20.5. The summed E-state index contributed by atoms with van der Waals surface area (Å²) in [5.74, 6) is -0.190. The minimum absolute atomic E-state index is 0.112. The summed E-state index contributed by atoms with van der Waals surface area (Å²) in [5.41, 5.74) is 9.65. The van der Waals surface area contributed by atoms with E-state index in [-0.39, 0.29) is 17.2 Å². The lowest BCUT2D eigenvalue weighted by Gasteiger charge is -2.36. The van der Waals surface area contributed by atoms with Crippen molar-refractivity contribution in [1.29, 1.82) is 0 Å². The smallest absolute Gasteiger partial charge is 0.330 e. The molecule has 0 N–H and O–H groups in total. The van der Waals surface area contributed by atoms with Crippen LogP contribution in [0.3, 0.4) is 0 Å². The molecule has 0 aromatic heterocycles. The van der Waals surface area contributed by atoms with Gasteiger partial charge < -0.3 is 4.74 Å². The van der Waals surface area contributed by atoms with Crippen molar-refractivity contribution in [2.75, 3.05) is 6.61 Å². The molecule has 0 heterocycles. The SMILES string of the molecule is C=CC(=O)CCC.C=CC(=O)OCCCC1(CCCC)C/C=C\C=C/Cc2ccc(C)cc21.CC.CC.Cc1ccc(C)cc1.Cc1ccc(C)cc1. The molecule has 1 aliphatic carbocycles. The van der Waals surface area contributed by atoms with Gasteiger partial charge in [0.25, 0.3) is 0 Å². The standard InChI is InChI=1S/C24H32O2.2C8H10.C6H10O.2C2H6/c1-4-6-15-24(17-11-18-26-23(25)5-2)16-10-8-7-9-12-21-14-13-20(3)19-22(21)24;2*1-7-3-5-8(2)6-4-7;1-3-5-6(7)4-2;2*1-2/h5,7-10,13-14,19H,2,4,6,11-12,15-18H2,1,3H3;2*3-6H,1-2H3;4H,2-3,5H2,1H3;2*1-2H3/b9-7-,10-8-;;;;;. The van der Waals surface area contributed by atoms with Gasteiger partial charge in [0, 0.05) is 12.5 Å². The Morgan fingerprint density at radius 2 is 1.13 bits per heavy atom. The van der Waals surface area contributed by atoms with Crippen molar-refractivity contribution in [3.8, 4) is 0 Å². The molecule has 0 saturated carbocycles. The van der Waals surface area contributed by atoms with E-state index in [9.17, 15) is 9.59 Å². The summed E-state index contributed by atoms with van der Waals surface area (Å²) in [7, 11) is 0. The van der Waals surface area contributed by atoms with Crippen LogP contribution in [0.2, 0.25) is 0 Å². The van der Waals surface area contributed by atoms with Gasteiger partial charge in [0.15, 0.2) is 5.78 Å². The second kappa shape index (κ2) is 32.4. The lowest BCUT2D eigenvalue weighted by Crippen LogP contribution is -2.28. The number of ether oxygens (including phenoxy) is 1. The van der Waals surface area contributed by atoms with Crippen molar-refractivity contribution in [2.24, 2.45) is 0 Å². The van der Waals surface area contributed by atoms with E-state index in [1.54, 1.807) is 0 Å². The first kappa shape index (κ1) is 50.9. The predicted molar refractivity (Wildman–Crippen MR) is 234 cm³/mol. The molecule has 3 heteroatoms. The number of fused-ring (bicyclic) bond motifs is 1. The minimum Gasteiger partial charge on any atom is -0.463 e. The second-order valence-corrected chi connectivity index (χ2v) is 13.0. The Morgan fingerprint density at radius 1 is 0.660 bits per heavy atom. The summed E-state index contributed by atoms with van der Waals surface area (Å²) in [4.78, 5) is 21.6. The van der Waals surface area contributed by atoms with Crippen molar-refractivity contribution in [1.82, 2.24) is 0 Å². The summed E-state index contributed by atoms with van der Waals surface area (Å²) in [6.45, 7) is 30.0. The number of benzene rings is 3. The van der Waals surface area contributed by atoms with Gasteiger partial charge in [0.2, 0.25) is 0 Å². The van der Waals surface area contributed by atoms with Gasteiger partial charge in [0.05, 0.1) is 6.61 Å². The van der Waals surface area contributed by atoms with Crippen molar-refractivity contribution in [2.45, 2.75) is 139 Å². The Morgan fingerprint density at radius 3 is 1.57 bits per heavy atom. The van der Waals surface area contributed by atoms with Crippen LogP contribution in [0.15, 0.2) is 116 Å². The third kappa shape index (κ3) is 23.8. The van der Waals surface area contributed by atoms with Crippen molar-refractivity contribution < 1.29 is 14.3 Å². The third-order valence-corrected chi connectivity index (χ3v) is 8.45. The van der Waals surface area contributed by atoms with Crippen LogP contribution < -0.4 is 0 Å². The van der Waals surface area contributed by atoms with Gasteiger partial charge in [-0.25, -0.2) is 4.79 Å². The predicted octanol–water partition coefficient (Wildman–Crippen LogP) is 14.2. The van der Waals surface area contributed by atoms with Crippen LogP contribution in [0, 0.1) is 34.6 Å². The van der Waals surface area contributed by atoms with Gasteiger partial charge in [-0.1, -0.05) is 186 Å². The number of unbranched alkanes of at least 4 members (excludes halogenated alkanes) is 1. The number of aryl methyl sites for hydroxylation is 5. The second-order valence-electron chi connectivity index (χ2n) is 13.0. The van der Waals surface area contributed by atoms with E-state index in [2.05, 4.69) is 146 Å². The van der Waals surface area contributed by atoms with Crippen molar-refractivity contribution >= 4 is 11.8 Å². The van der Waals surface area contributed by atoms with Gasteiger partial charge >= 0.3 is 5.97 Å². The largest absolute Gasteiger partial charge is 0.463 e. The Kier molecular flexibility index (Phi) is 31.1. The fourth-order valence-corrected chi connectivity index (χ4v) is 5.50. The molecule has 4 rings (SSSR count). The van der Waals surface area contributed by atoms with Crippen LogP contribution in [-0.2, 0) is 26.2 Å². The molecule has 1 atom stereocenters. The highest BCUT2D eigenvalue weighted by atomic mass is 16.5. The molecule has 3 aromatic carbocycles. The Balaban J connectivity index is 0. The molecule has 3 nitrogen and oxygen atoms in total. The number of carbonyl (C=O) groups excluding carboxylic acids is 2. The first-order valence-electron chi connectivity index (χ1n) is 19.9. The fourth-order valence-electron chi connectivity index (χ4n) is 5.50. The molecule has 53 heavy (non-hydrogen) atoms. The van der Waals surface area contributed by atoms with E-state index in [0.717, 1.165) is 32.1 Å². The molecular formula is C50H74O3. The molecule has 0 fully saturated rings. The number of esters is 1. The average Bonchev–Trinajstić information content (AvgIpc) is 3.26. The Labute approximate surface area is 326 Å². The molecule has 1 unspecified atom stereocenters. The zero-order valence-electron chi connectivity index (χ0n) is 35.5. The van der Waals surface area contributed by atoms with Crippen molar-refractivity contribution in [3.05, 3.63) is 155 Å². The molecule has 0 radical (unpaired) electrons. The zero-order valence-corrected chi connectivity index (χ0v) is 35.5. The topological polar surface area (TPSA) is 43.4 Å². The summed E-state index contributed by atoms with van der Waals surface area (Å²) < 4.78 is 5.24. The lowest BCUT2D eigenvalue weighted by atomic mass is 9.68. The number of rotatable bonds is 11. The van der Waals surface area contributed by atoms with Gasteiger partial charge in [-0.05, 0) is 95.8 Å². The van der Waals surface area contributed by atoms with E-state index < -0.39 is 0 Å². The number of hydrogen-bond acceptors (Lipinski definition) is 3. The highest BCUT2D eigenvalue weighted by Crippen LogP contribution is 2.41. The maximum absolute atomic E-state index is 11.3. The molecule has 0 saturated heterocycles. The molecule has 3 aromatic rings. The maximum Gasteiger partial charge on any atom is 0.330 e. The maximum atomic E-state index is 11.3. The van der Waals surface area contributed by atoms with E-state index >= 15 is 0 Å². The van der Waals surface area contributed by atoms with E-state index in [4.69, 9.17) is 4.74 Å². The molecule has 292 valence electrons. The number of allylic oxidation sites excluding steroid dienone is 5. The number of ketones is 1. The normalized spacial score (nSPS) is 14.7. The van der Waals surface area contributed by atoms with Gasteiger partial charge in [-0.15, -0.1) is 0 Å².